The number of fused-ring (bicyclic) bond motifs is 1. The highest BCUT2D eigenvalue weighted by molar-refractivity contribution is 5.88. The molecule has 6 heteroatoms. The number of ether oxygens (including phenoxy) is 1. The predicted molar refractivity (Wildman–Crippen MR) is 156 cm³/mol. The second kappa shape index (κ2) is 10.5. The Balaban J connectivity index is 1.54. The Morgan fingerprint density at radius 3 is 2.12 bits per heavy atom. The lowest BCUT2D eigenvalue weighted by Crippen LogP contribution is -2.40. The molecule has 2 unspecified atom stereocenters. The lowest BCUT2D eigenvalue weighted by molar-refractivity contribution is -0.138. The van der Waals surface area contributed by atoms with Crippen LogP contribution < -0.4 is 9.64 Å². The van der Waals surface area contributed by atoms with Crippen molar-refractivity contribution < 1.29 is 24.5 Å². The number of rotatable bonds is 7. The minimum Gasteiger partial charge on any atom is -0.497 e. The lowest BCUT2D eigenvalue weighted by Gasteiger charge is -2.28. The number of carboxylic acids is 2. The first-order valence-electron chi connectivity index (χ1n) is 13.3. The van der Waals surface area contributed by atoms with Crippen molar-refractivity contribution in [3.63, 3.8) is 0 Å². The number of hydrogen-bond acceptors (Lipinski definition) is 4. The third-order valence-electron chi connectivity index (χ3n) is 7.64. The smallest absolute Gasteiger partial charge is 0.335 e. The maximum absolute atomic E-state index is 12.9. The number of para-hydroxylation sites is 1. The summed E-state index contributed by atoms with van der Waals surface area (Å²) in [5.41, 5.74) is 6.88. The van der Waals surface area contributed by atoms with Crippen LogP contribution in [0.3, 0.4) is 0 Å². The van der Waals surface area contributed by atoms with Gasteiger partial charge in [-0.1, -0.05) is 75.4 Å². The summed E-state index contributed by atoms with van der Waals surface area (Å²) >= 11 is 0. The number of nitrogens with zero attached hydrogens (tertiary/aromatic N) is 1. The van der Waals surface area contributed by atoms with Gasteiger partial charge in [0.15, 0.2) is 0 Å². The summed E-state index contributed by atoms with van der Waals surface area (Å²) in [6, 6.07) is 27.9. The van der Waals surface area contributed by atoms with Gasteiger partial charge in [0, 0.05) is 18.2 Å². The second-order valence-electron chi connectivity index (χ2n) is 11.3. The Bertz CT molecular complexity index is 1550. The minimum atomic E-state index is -0.979. The van der Waals surface area contributed by atoms with E-state index >= 15 is 0 Å². The number of anilines is 1. The van der Waals surface area contributed by atoms with Gasteiger partial charge in [0.25, 0.3) is 0 Å². The molecule has 4 aromatic carbocycles. The molecular weight excluding hydrogens is 502 g/mol. The summed E-state index contributed by atoms with van der Waals surface area (Å²) in [6.07, 6.45) is 0. The van der Waals surface area contributed by atoms with E-state index in [0.717, 1.165) is 33.5 Å². The molecule has 204 valence electrons. The average Bonchev–Trinajstić information content (AvgIpc) is 3.26. The van der Waals surface area contributed by atoms with E-state index in [0.29, 0.717) is 12.3 Å². The summed E-state index contributed by atoms with van der Waals surface area (Å²) in [6.45, 7) is 6.86. The molecule has 0 bridgehead atoms. The van der Waals surface area contributed by atoms with E-state index in [2.05, 4.69) is 45.0 Å². The van der Waals surface area contributed by atoms with E-state index in [1.165, 1.54) is 5.56 Å². The molecule has 4 aromatic rings. The zero-order valence-electron chi connectivity index (χ0n) is 23.1. The standard InChI is InChI=1S/C34H33NO5/c1-34(2,3)26-15-13-23(14-16-26)30-28-7-5-6-8-29(28)35(31(30)33(38)39)20-21-17-25(19-27(18-21)40-4)22-9-11-24(12-10-22)32(36)37/h5-19,30-31H,20H2,1-4H3,(H,36,37)(H,38,39). The van der Waals surface area contributed by atoms with Crippen LogP contribution >= 0.6 is 0 Å². The van der Waals surface area contributed by atoms with Crippen LogP contribution in [0.1, 0.15) is 59.3 Å². The zero-order valence-corrected chi connectivity index (χ0v) is 23.1. The fourth-order valence-corrected chi connectivity index (χ4v) is 5.56. The van der Waals surface area contributed by atoms with Crippen molar-refractivity contribution in [2.75, 3.05) is 12.0 Å². The van der Waals surface area contributed by atoms with Crippen LogP contribution in [-0.4, -0.2) is 35.3 Å². The summed E-state index contributed by atoms with van der Waals surface area (Å²) in [7, 11) is 1.60. The number of benzene rings is 4. The number of aromatic carboxylic acids is 1. The van der Waals surface area contributed by atoms with Gasteiger partial charge in [0.05, 0.1) is 12.7 Å². The molecule has 1 aliphatic heterocycles. The SMILES string of the molecule is COc1cc(CN2c3ccccc3C(c3ccc(C(C)(C)C)cc3)C2C(=O)O)cc(-c2ccc(C(=O)O)cc2)c1. The van der Waals surface area contributed by atoms with Crippen molar-refractivity contribution in [3.05, 3.63) is 119 Å². The first kappa shape index (κ1) is 27.0. The molecule has 0 aromatic heterocycles. The molecule has 40 heavy (non-hydrogen) atoms. The van der Waals surface area contributed by atoms with Gasteiger partial charge in [-0.25, -0.2) is 9.59 Å². The first-order chi connectivity index (χ1) is 19.1. The Morgan fingerprint density at radius 1 is 0.850 bits per heavy atom. The fourth-order valence-electron chi connectivity index (χ4n) is 5.56. The Kier molecular flexibility index (Phi) is 7.11. The Morgan fingerprint density at radius 2 is 1.52 bits per heavy atom. The fraction of sp³-hybridized carbons (Fsp3) is 0.235. The molecule has 0 spiro atoms. The molecule has 0 saturated heterocycles. The Labute approximate surface area is 234 Å². The first-order valence-corrected chi connectivity index (χ1v) is 13.3. The van der Waals surface area contributed by atoms with Gasteiger partial charge in [0.2, 0.25) is 0 Å². The highest BCUT2D eigenvalue weighted by Crippen LogP contribution is 2.46. The molecule has 6 nitrogen and oxygen atoms in total. The topological polar surface area (TPSA) is 87.1 Å². The van der Waals surface area contributed by atoms with E-state index in [1.807, 2.05) is 47.4 Å². The quantitative estimate of drug-likeness (QED) is 0.266. The van der Waals surface area contributed by atoms with Gasteiger partial charge in [-0.2, -0.15) is 0 Å². The van der Waals surface area contributed by atoms with E-state index in [1.54, 1.807) is 31.4 Å². The van der Waals surface area contributed by atoms with Crippen molar-refractivity contribution in [3.8, 4) is 16.9 Å². The second-order valence-corrected chi connectivity index (χ2v) is 11.3. The van der Waals surface area contributed by atoms with Crippen LogP contribution in [0.4, 0.5) is 5.69 Å². The summed E-state index contributed by atoms with van der Waals surface area (Å²) in [4.78, 5) is 26.1. The molecule has 5 rings (SSSR count). The summed E-state index contributed by atoms with van der Waals surface area (Å²) < 4.78 is 5.59. The molecule has 0 amide bonds. The molecule has 0 saturated carbocycles. The lowest BCUT2D eigenvalue weighted by atomic mass is 9.83. The molecule has 2 N–H and O–H groups in total. The number of carbonyl (C=O) groups is 2. The van der Waals surface area contributed by atoms with E-state index in [4.69, 9.17) is 4.74 Å². The Hall–Kier alpha value is -4.58. The zero-order chi connectivity index (χ0) is 28.6. The highest BCUT2D eigenvalue weighted by Gasteiger charge is 2.43. The van der Waals surface area contributed by atoms with Crippen molar-refractivity contribution in [2.45, 2.75) is 44.7 Å². The third kappa shape index (κ3) is 5.17. The third-order valence-corrected chi connectivity index (χ3v) is 7.64. The number of aliphatic carboxylic acids is 1. The van der Waals surface area contributed by atoms with Crippen molar-refractivity contribution >= 4 is 17.6 Å². The molecule has 1 aliphatic rings. The van der Waals surface area contributed by atoms with Crippen LogP contribution in [-0.2, 0) is 16.8 Å². The van der Waals surface area contributed by atoms with Crippen LogP contribution in [0.25, 0.3) is 11.1 Å². The molecular formula is C34H33NO5. The maximum Gasteiger partial charge on any atom is 0.335 e. The normalized spacial score (nSPS) is 16.4. The largest absolute Gasteiger partial charge is 0.497 e. The van der Waals surface area contributed by atoms with Crippen molar-refractivity contribution in [1.82, 2.24) is 0 Å². The molecule has 0 radical (unpaired) electrons. The predicted octanol–water partition coefficient (Wildman–Crippen LogP) is 6.96. The number of methoxy groups -OCH3 is 1. The van der Waals surface area contributed by atoms with Gasteiger partial charge in [-0.15, -0.1) is 0 Å². The van der Waals surface area contributed by atoms with Gasteiger partial charge in [-0.05, 0) is 75.2 Å². The maximum atomic E-state index is 12.9. The molecule has 0 aliphatic carbocycles. The van der Waals surface area contributed by atoms with Gasteiger partial charge < -0.3 is 19.8 Å². The number of hydrogen-bond donors (Lipinski definition) is 2. The van der Waals surface area contributed by atoms with Gasteiger partial charge in [-0.3, -0.25) is 0 Å². The summed E-state index contributed by atoms with van der Waals surface area (Å²) in [5.74, 6) is -1.54. The van der Waals surface area contributed by atoms with E-state index < -0.39 is 18.0 Å². The number of carboxylic acid groups (broad SMARTS) is 2. The molecule has 0 fully saturated rings. The van der Waals surface area contributed by atoms with Crippen LogP contribution in [0.5, 0.6) is 5.75 Å². The average molecular weight is 536 g/mol. The monoisotopic (exact) mass is 535 g/mol. The molecule has 1 heterocycles. The van der Waals surface area contributed by atoms with Gasteiger partial charge in [0.1, 0.15) is 11.8 Å². The molecule has 2 atom stereocenters. The van der Waals surface area contributed by atoms with Crippen molar-refractivity contribution in [1.29, 1.82) is 0 Å². The van der Waals surface area contributed by atoms with Crippen LogP contribution in [0, 0.1) is 0 Å². The minimum absolute atomic E-state index is 0.00235. The highest BCUT2D eigenvalue weighted by atomic mass is 16.5. The van der Waals surface area contributed by atoms with Crippen molar-refractivity contribution in [2.24, 2.45) is 0 Å². The summed E-state index contributed by atoms with van der Waals surface area (Å²) in [5, 5.41) is 19.8. The van der Waals surface area contributed by atoms with E-state index in [-0.39, 0.29) is 16.9 Å². The van der Waals surface area contributed by atoms with Gasteiger partial charge >= 0.3 is 11.9 Å². The van der Waals surface area contributed by atoms with Crippen LogP contribution in [0.15, 0.2) is 91.0 Å². The van der Waals surface area contributed by atoms with Crippen LogP contribution in [0.2, 0.25) is 0 Å². The van der Waals surface area contributed by atoms with E-state index in [9.17, 15) is 19.8 Å².